The zero-order valence-electron chi connectivity index (χ0n) is 9.42. The van der Waals surface area contributed by atoms with Crippen LogP contribution in [0, 0.1) is 27.9 Å². The van der Waals surface area contributed by atoms with Gasteiger partial charge in [0, 0.05) is 12.3 Å². The van der Waals surface area contributed by atoms with Crippen LogP contribution in [-0.2, 0) is 0 Å². The van der Waals surface area contributed by atoms with Gasteiger partial charge >= 0.3 is 5.69 Å². The van der Waals surface area contributed by atoms with Crippen LogP contribution in [0.4, 0.5) is 0 Å². The third-order valence-electron chi connectivity index (χ3n) is 1.88. The van der Waals surface area contributed by atoms with Gasteiger partial charge in [0.15, 0.2) is 18.0 Å². The van der Waals surface area contributed by atoms with Crippen molar-refractivity contribution < 1.29 is 4.73 Å². The Kier molecular flexibility index (Phi) is 5.94. The minimum atomic E-state index is 0.0856. The summed E-state index contributed by atoms with van der Waals surface area (Å²) in [7, 11) is 0. The molecule has 0 spiro atoms. The zero-order chi connectivity index (χ0) is 14.3. The fourth-order valence-corrected chi connectivity index (χ4v) is 1.79. The smallest absolute Gasteiger partial charge is 0.308 e. The molecule has 94 valence electrons. The molecule has 7 heteroatoms. The highest BCUT2D eigenvalue weighted by atomic mass is 79.9. The highest BCUT2D eigenvalue weighted by Gasteiger charge is 2.06. The minimum Gasteiger partial charge on any atom is -0.618 e. The van der Waals surface area contributed by atoms with Gasteiger partial charge in [0.2, 0.25) is 0 Å². The molecule has 2 aromatic heterocycles. The van der Waals surface area contributed by atoms with Crippen LogP contribution in [0.25, 0.3) is 0 Å². The Balaban J connectivity index is 0.000000191. The predicted octanol–water partition coefficient (Wildman–Crippen LogP) is 2.67. The van der Waals surface area contributed by atoms with Gasteiger partial charge in [0.25, 0.3) is 0 Å². The Hall–Kier alpha value is -1.96. The lowest BCUT2D eigenvalue weighted by Gasteiger charge is -1.96. The first-order valence-electron chi connectivity index (χ1n) is 4.88. The molecule has 2 aromatic rings. The largest absolute Gasteiger partial charge is 0.618 e. The summed E-state index contributed by atoms with van der Waals surface area (Å²) in [6, 6.07) is 10.5. The lowest BCUT2D eigenvalue weighted by molar-refractivity contribution is -0.608. The van der Waals surface area contributed by atoms with Gasteiger partial charge in [0.1, 0.15) is 10.5 Å². The van der Waals surface area contributed by atoms with E-state index in [0.717, 1.165) is 4.47 Å². The molecule has 2 heterocycles. The zero-order valence-corrected chi connectivity index (χ0v) is 12.6. The molecule has 0 aliphatic heterocycles. The molecule has 0 fully saturated rings. The number of nitrogens with zero attached hydrogens (tertiary/aromatic N) is 4. The molecule has 0 atom stereocenters. The standard InChI is InChI=1S/C6H3BrN2O.C6H3BrN2/c7-5-2-1-3-9(10)6(5)4-8;7-5-2-1-3-9-6(5)4-8/h1-3H;1-3H. The fraction of sp³-hybridized carbons (Fsp3) is 0. The predicted molar refractivity (Wildman–Crippen MR) is 74.5 cm³/mol. The van der Waals surface area contributed by atoms with Crippen LogP contribution in [0.3, 0.4) is 0 Å². The van der Waals surface area contributed by atoms with Gasteiger partial charge in [-0.2, -0.15) is 15.3 Å². The molecule has 0 N–H and O–H groups in total. The first-order chi connectivity index (χ1) is 9.10. The summed E-state index contributed by atoms with van der Waals surface area (Å²) in [5.74, 6) is 0. The van der Waals surface area contributed by atoms with Crippen molar-refractivity contribution >= 4 is 31.9 Å². The van der Waals surface area contributed by atoms with Crippen LogP contribution in [-0.4, -0.2) is 4.98 Å². The van der Waals surface area contributed by atoms with Crippen molar-refractivity contribution in [3.8, 4) is 12.1 Å². The van der Waals surface area contributed by atoms with Gasteiger partial charge in [-0.05, 0) is 50.1 Å². The first-order valence-corrected chi connectivity index (χ1v) is 6.47. The maximum Gasteiger partial charge on any atom is 0.308 e. The number of hydrogen-bond donors (Lipinski definition) is 0. The van der Waals surface area contributed by atoms with E-state index in [-0.39, 0.29) is 5.69 Å². The van der Waals surface area contributed by atoms with Crippen molar-refractivity contribution in [3.05, 3.63) is 62.2 Å². The maximum atomic E-state index is 10.7. The first kappa shape index (κ1) is 15.1. The van der Waals surface area contributed by atoms with Gasteiger partial charge in [-0.3, -0.25) is 0 Å². The van der Waals surface area contributed by atoms with Crippen molar-refractivity contribution in [2.45, 2.75) is 0 Å². The summed E-state index contributed by atoms with van der Waals surface area (Å²) in [5.41, 5.74) is 0.514. The second kappa shape index (κ2) is 7.47. The number of nitriles is 2. The lowest BCUT2D eigenvalue weighted by atomic mass is 10.4. The van der Waals surface area contributed by atoms with Crippen molar-refractivity contribution in [1.82, 2.24) is 4.98 Å². The molecule has 0 bridgehead atoms. The van der Waals surface area contributed by atoms with Crippen molar-refractivity contribution in [2.75, 3.05) is 0 Å². The highest BCUT2D eigenvalue weighted by molar-refractivity contribution is 9.10. The van der Waals surface area contributed by atoms with Crippen molar-refractivity contribution in [1.29, 1.82) is 10.5 Å². The van der Waals surface area contributed by atoms with Gasteiger partial charge in [-0.25, -0.2) is 4.98 Å². The van der Waals surface area contributed by atoms with Crippen LogP contribution in [0.5, 0.6) is 0 Å². The third kappa shape index (κ3) is 4.32. The average molecular weight is 382 g/mol. The summed E-state index contributed by atoms with van der Waals surface area (Å²) < 4.78 is 1.78. The Morgan fingerprint density at radius 3 is 2.21 bits per heavy atom. The second-order valence-electron chi connectivity index (χ2n) is 3.09. The van der Waals surface area contributed by atoms with Gasteiger partial charge in [0.05, 0.1) is 4.47 Å². The molecule has 19 heavy (non-hydrogen) atoms. The Bertz CT molecular complexity index is 641. The molecule has 5 nitrogen and oxygen atoms in total. The highest BCUT2D eigenvalue weighted by Crippen LogP contribution is 2.11. The molecule has 0 amide bonds. The Labute approximate surface area is 126 Å². The summed E-state index contributed by atoms with van der Waals surface area (Å²) >= 11 is 6.24. The molecule has 0 aliphatic rings. The summed E-state index contributed by atoms with van der Waals surface area (Å²) in [4.78, 5) is 3.79. The molecular formula is C12H6Br2N4O. The quantitative estimate of drug-likeness (QED) is 0.518. The van der Waals surface area contributed by atoms with Crippen LogP contribution in [0.2, 0.25) is 0 Å². The Morgan fingerprint density at radius 2 is 1.79 bits per heavy atom. The number of pyridine rings is 2. The minimum absolute atomic E-state index is 0.0856. The van der Waals surface area contributed by atoms with Crippen molar-refractivity contribution in [3.63, 3.8) is 0 Å². The van der Waals surface area contributed by atoms with Gasteiger partial charge in [-0.15, -0.1) is 0 Å². The van der Waals surface area contributed by atoms with E-state index in [4.69, 9.17) is 10.5 Å². The lowest BCUT2D eigenvalue weighted by Crippen LogP contribution is -2.29. The summed E-state index contributed by atoms with van der Waals surface area (Å²) in [6.45, 7) is 0. The van der Waals surface area contributed by atoms with Crippen LogP contribution in [0.15, 0.2) is 45.6 Å². The molecular weight excluding hydrogens is 376 g/mol. The normalized spacial score (nSPS) is 8.63. The van der Waals surface area contributed by atoms with Gasteiger partial charge < -0.3 is 5.21 Å². The summed E-state index contributed by atoms with van der Waals surface area (Å²) in [5, 5.41) is 27.5. The van der Waals surface area contributed by atoms with E-state index < -0.39 is 0 Å². The van der Waals surface area contributed by atoms with E-state index in [2.05, 4.69) is 36.8 Å². The molecule has 0 aliphatic carbocycles. The third-order valence-corrected chi connectivity index (χ3v) is 3.16. The molecule has 2 rings (SSSR count). The van der Waals surface area contributed by atoms with Crippen LogP contribution >= 0.6 is 31.9 Å². The van der Waals surface area contributed by atoms with Crippen molar-refractivity contribution in [2.24, 2.45) is 0 Å². The van der Waals surface area contributed by atoms with E-state index >= 15 is 0 Å². The van der Waals surface area contributed by atoms with E-state index in [0.29, 0.717) is 14.9 Å². The molecule has 0 unspecified atom stereocenters. The summed E-state index contributed by atoms with van der Waals surface area (Å²) in [6.07, 6.45) is 2.87. The number of halogens is 2. The van der Waals surface area contributed by atoms with E-state index in [1.165, 1.54) is 6.20 Å². The number of rotatable bonds is 0. The SMILES string of the molecule is N#Cc1c(Br)ccc[n+]1[O-].N#Cc1ncccc1Br. The van der Waals surface area contributed by atoms with Gasteiger partial charge in [-0.1, -0.05) is 0 Å². The number of aromatic nitrogens is 2. The molecule has 0 aromatic carbocycles. The van der Waals surface area contributed by atoms with E-state index in [9.17, 15) is 5.21 Å². The van der Waals surface area contributed by atoms with E-state index in [1.807, 2.05) is 6.07 Å². The molecule has 0 saturated carbocycles. The van der Waals surface area contributed by atoms with Crippen LogP contribution < -0.4 is 4.73 Å². The fourth-order valence-electron chi connectivity index (χ4n) is 1.04. The topological polar surface area (TPSA) is 87.4 Å². The second-order valence-corrected chi connectivity index (χ2v) is 4.80. The number of hydrogen-bond acceptors (Lipinski definition) is 4. The average Bonchev–Trinajstić information content (AvgIpc) is 2.40. The Morgan fingerprint density at radius 1 is 1.11 bits per heavy atom. The molecule has 0 radical (unpaired) electrons. The molecule has 0 saturated heterocycles. The maximum absolute atomic E-state index is 10.7. The van der Waals surface area contributed by atoms with Crippen LogP contribution in [0.1, 0.15) is 11.4 Å². The van der Waals surface area contributed by atoms with E-state index in [1.54, 1.807) is 36.5 Å². The monoisotopic (exact) mass is 380 g/mol.